The lowest BCUT2D eigenvalue weighted by molar-refractivity contribution is 0.544. The lowest BCUT2D eigenvalue weighted by Crippen LogP contribution is -2.13. The number of fused-ring (bicyclic) bond motifs is 6. The Kier molecular flexibility index (Phi) is 6.05. The molecule has 0 spiro atoms. The van der Waals surface area contributed by atoms with Gasteiger partial charge in [0.25, 0.3) is 0 Å². The van der Waals surface area contributed by atoms with Gasteiger partial charge >= 0.3 is 0 Å². The number of nitrogens with zero attached hydrogens (tertiary/aromatic N) is 2. The maximum Gasteiger partial charge on any atom is 0.106 e. The summed E-state index contributed by atoms with van der Waals surface area (Å²) in [5.74, 6) is 1.65. The van der Waals surface area contributed by atoms with Crippen LogP contribution in [-0.4, -0.2) is 15.0 Å². The summed E-state index contributed by atoms with van der Waals surface area (Å²) in [7, 11) is 0. The Morgan fingerprint density at radius 1 is 0.800 bits per heavy atom. The van der Waals surface area contributed by atoms with Crippen LogP contribution >= 0.6 is 15.9 Å². The van der Waals surface area contributed by atoms with Crippen molar-refractivity contribution in [3.63, 3.8) is 0 Å². The molecular weight excluding hydrogens is 494 g/mol. The molecule has 1 N–H and O–H groups in total. The summed E-state index contributed by atoms with van der Waals surface area (Å²) in [5.41, 5.74) is 4.11. The molecule has 0 fully saturated rings. The maximum atomic E-state index is 4.44. The number of aryl methyl sites for hydroxylation is 1. The molecule has 1 aliphatic rings. The topological polar surface area (TPSA) is 41.6 Å². The van der Waals surface area contributed by atoms with Crippen LogP contribution in [0.1, 0.15) is 35.7 Å². The monoisotopic (exact) mass is 519 g/mol. The summed E-state index contributed by atoms with van der Waals surface area (Å²) in [6, 6.07) is 27.8. The number of para-hydroxylation sites is 1. The fourth-order valence-corrected chi connectivity index (χ4v) is 6.00. The van der Waals surface area contributed by atoms with Gasteiger partial charge in [0.05, 0.1) is 5.52 Å². The van der Waals surface area contributed by atoms with Crippen molar-refractivity contribution in [1.82, 2.24) is 15.0 Å². The second-order valence-electron chi connectivity index (χ2n) is 9.16. The van der Waals surface area contributed by atoms with Crippen LogP contribution < -0.4 is 0 Å². The minimum Gasteiger partial charge on any atom is -0.349 e. The van der Waals surface area contributed by atoms with E-state index >= 15 is 0 Å². The van der Waals surface area contributed by atoms with Crippen molar-refractivity contribution in [2.45, 2.75) is 31.6 Å². The highest BCUT2D eigenvalue weighted by molar-refractivity contribution is 9.10. The van der Waals surface area contributed by atoms with Crippen LogP contribution in [0.2, 0.25) is 0 Å². The van der Waals surface area contributed by atoms with Gasteiger partial charge in [-0.25, -0.2) is 4.98 Å². The molecule has 0 aliphatic heterocycles. The van der Waals surface area contributed by atoms with E-state index in [4.69, 9.17) is 0 Å². The molecule has 172 valence electrons. The first-order valence-electron chi connectivity index (χ1n) is 12.2. The number of hydrogen-bond donors (Lipinski definition) is 1. The van der Waals surface area contributed by atoms with Crippen molar-refractivity contribution in [3.8, 4) is 0 Å². The van der Waals surface area contributed by atoms with Gasteiger partial charge in [0.1, 0.15) is 5.82 Å². The van der Waals surface area contributed by atoms with E-state index in [1.54, 1.807) is 0 Å². The van der Waals surface area contributed by atoms with Crippen LogP contribution in [0.5, 0.6) is 0 Å². The van der Waals surface area contributed by atoms with Gasteiger partial charge in [-0.2, -0.15) is 0 Å². The smallest absolute Gasteiger partial charge is 0.106 e. The third-order valence-electron chi connectivity index (χ3n) is 7.06. The van der Waals surface area contributed by atoms with E-state index in [2.05, 4.69) is 85.5 Å². The number of H-pyrrole nitrogens is 1. The zero-order valence-corrected chi connectivity index (χ0v) is 21.0. The molecule has 3 nitrogen and oxygen atoms in total. The number of rotatable bonds is 2. The zero-order valence-electron chi connectivity index (χ0n) is 19.4. The molecule has 0 amide bonds. The summed E-state index contributed by atoms with van der Waals surface area (Å²) >= 11 is 3.79. The average molecular weight is 520 g/mol. The normalized spacial score (nSPS) is 15.1. The van der Waals surface area contributed by atoms with Crippen molar-refractivity contribution in [2.75, 3.05) is 0 Å². The summed E-state index contributed by atoms with van der Waals surface area (Å²) in [4.78, 5) is 11.9. The van der Waals surface area contributed by atoms with Crippen molar-refractivity contribution >= 4 is 48.4 Å². The van der Waals surface area contributed by atoms with Gasteiger partial charge in [-0.1, -0.05) is 76.6 Å². The summed E-state index contributed by atoms with van der Waals surface area (Å²) < 4.78 is 1.19. The molecule has 1 aliphatic carbocycles. The highest BCUT2D eigenvalue weighted by Crippen LogP contribution is 2.41. The maximum absolute atomic E-state index is 4.44. The quantitative estimate of drug-likeness (QED) is 0.233. The van der Waals surface area contributed by atoms with E-state index in [1.165, 1.54) is 61.8 Å². The Morgan fingerprint density at radius 3 is 2.46 bits per heavy atom. The van der Waals surface area contributed by atoms with E-state index in [-0.39, 0.29) is 0 Å². The third kappa shape index (κ3) is 4.35. The number of imidazole rings is 1. The number of hydrogen-bond acceptors (Lipinski definition) is 2. The molecule has 7 rings (SSSR count). The molecular formula is C31H26BrN3. The number of pyridine rings is 1. The Labute approximate surface area is 213 Å². The van der Waals surface area contributed by atoms with Crippen LogP contribution in [-0.2, 0) is 12.8 Å². The first kappa shape index (κ1) is 22.0. The van der Waals surface area contributed by atoms with E-state index in [9.17, 15) is 0 Å². The largest absolute Gasteiger partial charge is 0.349 e. The van der Waals surface area contributed by atoms with Crippen LogP contribution in [0.3, 0.4) is 0 Å². The minimum atomic E-state index is 0.560. The average Bonchev–Trinajstić information content (AvgIpc) is 3.43. The first-order chi connectivity index (χ1) is 17.3. The zero-order chi connectivity index (χ0) is 23.6. The molecule has 0 radical (unpaired) electrons. The van der Waals surface area contributed by atoms with Crippen molar-refractivity contribution in [3.05, 3.63) is 119 Å². The first-order valence-corrected chi connectivity index (χ1v) is 13.0. The summed E-state index contributed by atoms with van der Waals surface area (Å²) in [6.45, 7) is 0. The lowest BCUT2D eigenvalue weighted by Gasteiger charge is -2.27. The fourth-order valence-electron chi connectivity index (χ4n) is 5.43. The Bertz CT molecular complexity index is 1560. The van der Waals surface area contributed by atoms with Crippen LogP contribution in [0.15, 0.2) is 102 Å². The van der Waals surface area contributed by atoms with Crippen molar-refractivity contribution in [2.24, 2.45) is 0 Å². The van der Waals surface area contributed by atoms with Gasteiger partial charge in [0.2, 0.25) is 0 Å². The van der Waals surface area contributed by atoms with Crippen LogP contribution in [0.4, 0.5) is 0 Å². The van der Waals surface area contributed by atoms with Crippen LogP contribution in [0.25, 0.3) is 32.4 Å². The van der Waals surface area contributed by atoms with Gasteiger partial charge in [-0.05, 0) is 76.1 Å². The second kappa shape index (κ2) is 9.63. The van der Waals surface area contributed by atoms with Crippen LogP contribution in [0, 0.1) is 0 Å². The van der Waals surface area contributed by atoms with E-state index in [1.807, 2.05) is 42.9 Å². The predicted octanol–water partition coefficient (Wildman–Crippen LogP) is 8.38. The number of benzene rings is 4. The Hall–Kier alpha value is -3.50. The van der Waals surface area contributed by atoms with Gasteiger partial charge in [-0.3, -0.25) is 4.98 Å². The number of halogens is 1. The molecule has 1 atom stereocenters. The Morgan fingerprint density at radius 2 is 1.60 bits per heavy atom. The van der Waals surface area contributed by atoms with E-state index in [0.717, 1.165) is 17.8 Å². The predicted molar refractivity (Wildman–Crippen MR) is 149 cm³/mol. The molecule has 0 saturated heterocycles. The molecule has 2 aromatic heterocycles. The highest BCUT2D eigenvalue weighted by atomic mass is 79.9. The molecule has 2 heterocycles. The van der Waals surface area contributed by atoms with E-state index in [0.29, 0.717) is 5.92 Å². The van der Waals surface area contributed by atoms with Gasteiger partial charge in [0.15, 0.2) is 0 Å². The lowest BCUT2D eigenvalue weighted by atomic mass is 9.78. The molecule has 1 unspecified atom stereocenters. The summed E-state index contributed by atoms with van der Waals surface area (Å²) in [6.07, 6.45) is 10.2. The van der Waals surface area contributed by atoms with Gasteiger partial charge < -0.3 is 4.98 Å². The number of aromatic amines is 1. The third-order valence-corrected chi connectivity index (χ3v) is 7.72. The Balaban J connectivity index is 0.000000191. The second-order valence-corrected chi connectivity index (χ2v) is 10.0. The van der Waals surface area contributed by atoms with Gasteiger partial charge in [-0.15, -0.1) is 0 Å². The SMILES string of the molecule is Brc1cc2c3c(ccc2c2ccccc12)C(Cc1ncc[nH]1)CCC3.c1ccc2ncccc2c1. The van der Waals surface area contributed by atoms with E-state index < -0.39 is 0 Å². The molecule has 0 saturated carbocycles. The summed E-state index contributed by atoms with van der Waals surface area (Å²) in [5, 5.41) is 6.61. The van der Waals surface area contributed by atoms with Crippen molar-refractivity contribution < 1.29 is 0 Å². The number of nitrogens with one attached hydrogen (secondary N) is 1. The molecule has 6 aromatic rings. The standard InChI is InChI=1S/C22H19BrN2.C9H7N/c23-21-13-20-16-7-3-4-14(12-22-24-10-11-25-22)15(16)8-9-18(20)17-5-1-2-6-19(17)21;1-2-6-9-8(4-1)5-3-7-10-9/h1-2,5-6,8-11,13-14H,3-4,7,12H2,(H,24,25);1-7H. The number of aromatic nitrogens is 3. The molecule has 0 bridgehead atoms. The van der Waals surface area contributed by atoms with Crippen molar-refractivity contribution in [1.29, 1.82) is 0 Å². The molecule has 4 aromatic carbocycles. The minimum absolute atomic E-state index is 0.560. The fraction of sp³-hybridized carbons (Fsp3) is 0.161. The molecule has 4 heteroatoms. The highest BCUT2D eigenvalue weighted by Gasteiger charge is 2.23. The van der Waals surface area contributed by atoms with Gasteiger partial charge in [0, 0.05) is 34.9 Å². The molecule has 35 heavy (non-hydrogen) atoms.